The first-order valence-electron chi connectivity index (χ1n) is 10.5. The fourth-order valence-corrected chi connectivity index (χ4v) is 4.02. The summed E-state index contributed by atoms with van der Waals surface area (Å²) < 4.78 is 6.50. The van der Waals surface area contributed by atoms with Crippen LogP contribution in [0, 0.1) is 6.92 Å². The number of carbonyl (C=O) groups is 1. The maximum absolute atomic E-state index is 12.8. The van der Waals surface area contributed by atoms with Gasteiger partial charge in [-0.25, -0.2) is 4.79 Å². The molecule has 4 nitrogen and oxygen atoms in total. The van der Waals surface area contributed by atoms with E-state index in [-0.39, 0.29) is 18.2 Å². The Hall–Kier alpha value is -2.82. The van der Waals surface area contributed by atoms with E-state index in [4.69, 9.17) is 16.3 Å². The van der Waals surface area contributed by atoms with Crippen molar-refractivity contribution in [1.29, 1.82) is 0 Å². The first-order valence-corrected chi connectivity index (χ1v) is 10.9. The molecule has 1 aliphatic rings. The molecule has 0 radical (unpaired) electrons. The van der Waals surface area contributed by atoms with Crippen molar-refractivity contribution in [3.63, 3.8) is 0 Å². The van der Waals surface area contributed by atoms with Crippen molar-refractivity contribution >= 4 is 17.6 Å². The topological polar surface area (TPSA) is 32.8 Å². The molecule has 0 aromatic heterocycles. The van der Waals surface area contributed by atoms with Crippen LogP contribution in [0.25, 0.3) is 0 Å². The van der Waals surface area contributed by atoms with Crippen molar-refractivity contribution in [2.24, 2.45) is 0 Å². The molecule has 0 bridgehead atoms. The molecule has 1 aliphatic heterocycles. The highest BCUT2D eigenvalue weighted by molar-refractivity contribution is 6.30. The molecular weight excluding hydrogens is 408 g/mol. The van der Waals surface area contributed by atoms with Gasteiger partial charge in [-0.3, -0.25) is 0 Å². The van der Waals surface area contributed by atoms with Crippen LogP contribution in [0.2, 0.25) is 5.02 Å². The molecule has 0 spiro atoms. The Balaban J connectivity index is 1.41. The zero-order valence-electron chi connectivity index (χ0n) is 17.9. The highest BCUT2D eigenvalue weighted by Gasteiger charge is 2.35. The molecular formula is C26H27ClN2O2. The third-order valence-corrected chi connectivity index (χ3v) is 5.93. The molecule has 3 aromatic carbocycles. The van der Waals surface area contributed by atoms with Crippen LogP contribution >= 0.6 is 11.6 Å². The lowest BCUT2D eigenvalue weighted by Gasteiger charge is -2.42. The van der Waals surface area contributed by atoms with Crippen LogP contribution in [0.3, 0.4) is 0 Å². The summed E-state index contributed by atoms with van der Waals surface area (Å²) in [6, 6.07) is 26.1. The van der Waals surface area contributed by atoms with E-state index in [1.807, 2.05) is 78.7 Å². The number of halogens is 1. The molecule has 4 rings (SSSR count). The number of aryl methyl sites for hydroxylation is 1. The Labute approximate surface area is 189 Å². The lowest BCUT2D eigenvalue weighted by molar-refractivity contribution is -0.0684. The van der Waals surface area contributed by atoms with Gasteiger partial charge in [0.1, 0.15) is 6.10 Å². The first kappa shape index (κ1) is 21.4. The monoisotopic (exact) mass is 434 g/mol. The molecule has 1 heterocycles. The van der Waals surface area contributed by atoms with Crippen LogP contribution in [-0.4, -0.2) is 42.1 Å². The lowest BCUT2D eigenvalue weighted by Crippen LogP contribution is -2.58. The molecule has 31 heavy (non-hydrogen) atoms. The molecule has 1 fully saturated rings. The number of urea groups is 1. The van der Waals surface area contributed by atoms with Crippen molar-refractivity contribution in [2.75, 3.05) is 20.1 Å². The van der Waals surface area contributed by atoms with Gasteiger partial charge in [-0.2, -0.15) is 0 Å². The summed E-state index contributed by atoms with van der Waals surface area (Å²) in [5.41, 5.74) is 4.49. The molecule has 0 aliphatic carbocycles. The first-order chi connectivity index (χ1) is 15.0. The Morgan fingerprint density at radius 1 is 1.03 bits per heavy atom. The van der Waals surface area contributed by atoms with E-state index in [0.29, 0.717) is 24.7 Å². The summed E-state index contributed by atoms with van der Waals surface area (Å²) in [6.45, 7) is 3.87. The molecule has 0 saturated carbocycles. The number of hydrogen-bond acceptors (Lipinski definition) is 2. The largest absolute Gasteiger partial charge is 0.362 e. The number of ether oxygens (including phenoxy) is 1. The summed E-state index contributed by atoms with van der Waals surface area (Å²) in [7, 11) is 1.84. The summed E-state index contributed by atoms with van der Waals surface area (Å²) in [4.78, 5) is 16.4. The Bertz CT molecular complexity index is 1020. The molecule has 1 saturated heterocycles. The van der Waals surface area contributed by atoms with Crippen LogP contribution < -0.4 is 0 Å². The molecule has 5 heteroatoms. The van der Waals surface area contributed by atoms with Crippen molar-refractivity contribution < 1.29 is 9.53 Å². The zero-order valence-corrected chi connectivity index (χ0v) is 18.6. The second kappa shape index (κ2) is 9.54. The third-order valence-electron chi connectivity index (χ3n) is 5.68. The van der Waals surface area contributed by atoms with Gasteiger partial charge in [-0.15, -0.1) is 0 Å². The predicted molar refractivity (Wildman–Crippen MR) is 124 cm³/mol. The third kappa shape index (κ3) is 5.09. The van der Waals surface area contributed by atoms with Gasteiger partial charge in [-0.05, 0) is 41.3 Å². The van der Waals surface area contributed by atoms with Crippen molar-refractivity contribution in [1.82, 2.24) is 9.80 Å². The normalized spacial score (nSPS) is 14.7. The van der Waals surface area contributed by atoms with E-state index in [0.717, 1.165) is 16.7 Å². The second-order valence-electron chi connectivity index (χ2n) is 8.08. The average molecular weight is 435 g/mol. The summed E-state index contributed by atoms with van der Waals surface area (Å²) in [5.74, 6) is 0. The molecule has 3 aromatic rings. The van der Waals surface area contributed by atoms with Crippen LogP contribution in [0.1, 0.15) is 28.4 Å². The number of benzene rings is 3. The van der Waals surface area contributed by atoms with E-state index in [2.05, 4.69) is 19.1 Å². The molecule has 0 N–H and O–H groups in total. The summed E-state index contributed by atoms with van der Waals surface area (Å²) in [6.07, 6.45) is -0.197. The van der Waals surface area contributed by atoms with Crippen molar-refractivity contribution in [2.45, 2.75) is 25.7 Å². The second-order valence-corrected chi connectivity index (χ2v) is 8.51. The predicted octanol–water partition coefficient (Wildman–Crippen LogP) is 5.69. The Kier molecular flexibility index (Phi) is 6.59. The quantitative estimate of drug-likeness (QED) is 0.499. The number of hydrogen-bond donors (Lipinski definition) is 0. The minimum atomic E-state index is -0.192. The fraction of sp³-hybridized carbons (Fsp3) is 0.269. The highest BCUT2D eigenvalue weighted by atomic mass is 35.5. The van der Waals surface area contributed by atoms with Gasteiger partial charge < -0.3 is 14.5 Å². The molecule has 1 atom stereocenters. The van der Waals surface area contributed by atoms with Gasteiger partial charge in [0.2, 0.25) is 0 Å². The minimum absolute atomic E-state index is 0.00522. The van der Waals surface area contributed by atoms with Gasteiger partial charge in [0.05, 0.1) is 19.2 Å². The number of likely N-dealkylation sites (tertiary alicyclic amines) is 1. The van der Waals surface area contributed by atoms with Crippen LogP contribution in [0.5, 0.6) is 0 Å². The lowest BCUT2D eigenvalue weighted by atomic mass is 9.97. The van der Waals surface area contributed by atoms with Gasteiger partial charge in [0, 0.05) is 18.6 Å². The van der Waals surface area contributed by atoms with E-state index in [1.165, 1.54) is 5.56 Å². The van der Waals surface area contributed by atoms with Gasteiger partial charge in [0.25, 0.3) is 0 Å². The molecule has 2 amide bonds. The Morgan fingerprint density at radius 3 is 2.35 bits per heavy atom. The zero-order chi connectivity index (χ0) is 21.8. The van der Waals surface area contributed by atoms with E-state index in [1.54, 1.807) is 4.90 Å². The molecule has 160 valence electrons. The maximum Gasteiger partial charge on any atom is 0.320 e. The number of rotatable bonds is 6. The number of amides is 2. The van der Waals surface area contributed by atoms with Crippen LogP contribution in [0.15, 0.2) is 78.9 Å². The van der Waals surface area contributed by atoms with Crippen molar-refractivity contribution in [3.05, 3.63) is 106 Å². The van der Waals surface area contributed by atoms with Gasteiger partial charge in [0.15, 0.2) is 0 Å². The average Bonchev–Trinajstić information content (AvgIpc) is 2.75. The van der Waals surface area contributed by atoms with Crippen molar-refractivity contribution in [3.8, 4) is 0 Å². The number of nitrogens with zero attached hydrogens (tertiary/aromatic N) is 2. The van der Waals surface area contributed by atoms with E-state index in [9.17, 15) is 4.79 Å². The molecule has 1 unspecified atom stereocenters. The highest BCUT2D eigenvalue weighted by Crippen LogP contribution is 2.32. The van der Waals surface area contributed by atoms with Gasteiger partial charge in [-0.1, -0.05) is 78.3 Å². The SMILES string of the molecule is Cc1ccccc1C(OC1CN(C(=O)N(C)Cc2ccccc2)C1)c1ccc(Cl)cc1. The van der Waals surface area contributed by atoms with Gasteiger partial charge >= 0.3 is 6.03 Å². The van der Waals surface area contributed by atoms with Crippen LogP contribution in [-0.2, 0) is 11.3 Å². The van der Waals surface area contributed by atoms with Crippen LogP contribution in [0.4, 0.5) is 4.79 Å². The maximum atomic E-state index is 12.8. The summed E-state index contributed by atoms with van der Waals surface area (Å²) >= 11 is 6.09. The smallest absolute Gasteiger partial charge is 0.320 e. The van der Waals surface area contributed by atoms with E-state index < -0.39 is 0 Å². The standard InChI is InChI=1S/C26H27ClN2O2/c1-19-8-6-7-11-24(19)25(21-12-14-22(27)15-13-21)31-23-17-29(18-23)26(30)28(2)16-20-9-4-3-5-10-20/h3-15,23,25H,16-18H2,1-2H3. The number of carbonyl (C=O) groups excluding carboxylic acids is 1. The minimum Gasteiger partial charge on any atom is -0.362 e. The fourth-order valence-electron chi connectivity index (χ4n) is 3.89. The Morgan fingerprint density at radius 2 is 1.68 bits per heavy atom. The van der Waals surface area contributed by atoms with E-state index >= 15 is 0 Å². The summed E-state index contributed by atoms with van der Waals surface area (Å²) in [5, 5.41) is 0.703.